The Morgan fingerprint density at radius 3 is 2.61 bits per heavy atom. The molecule has 1 amide bonds. The number of methoxy groups -OCH3 is 2. The van der Waals surface area contributed by atoms with Crippen molar-refractivity contribution in [1.82, 2.24) is 5.32 Å². The molecule has 0 spiro atoms. The van der Waals surface area contributed by atoms with E-state index in [-0.39, 0.29) is 11.3 Å². The highest BCUT2D eigenvalue weighted by molar-refractivity contribution is 5.84. The molecule has 0 bridgehead atoms. The molecule has 0 aromatic heterocycles. The molecule has 0 radical (unpaired) electrons. The molecular formula is C23H26N2O3. The summed E-state index contributed by atoms with van der Waals surface area (Å²) in [5, 5.41) is 3.29. The minimum Gasteiger partial charge on any atom is -0.493 e. The largest absolute Gasteiger partial charge is 0.493 e. The third kappa shape index (κ3) is 2.49. The fourth-order valence-corrected chi connectivity index (χ4v) is 4.57. The van der Waals surface area contributed by atoms with Gasteiger partial charge < -0.3 is 19.7 Å². The number of benzene rings is 2. The predicted molar refractivity (Wildman–Crippen MR) is 111 cm³/mol. The Balaban J connectivity index is 1.85. The summed E-state index contributed by atoms with van der Waals surface area (Å²) in [6, 6.07) is 14.2. The molecule has 28 heavy (non-hydrogen) atoms. The quantitative estimate of drug-likeness (QED) is 0.881. The molecule has 1 unspecified atom stereocenters. The highest BCUT2D eigenvalue weighted by atomic mass is 16.5. The van der Waals surface area contributed by atoms with E-state index in [1.165, 1.54) is 11.3 Å². The zero-order valence-corrected chi connectivity index (χ0v) is 16.8. The molecule has 1 atom stereocenters. The molecule has 2 aromatic carbocycles. The maximum atomic E-state index is 12.5. The molecule has 5 heteroatoms. The topological polar surface area (TPSA) is 50.8 Å². The van der Waals surface area contributed by atoms with E-state index in [1.54, 1.807) is 14.2 Å². The number of carbonyl (C=O) groups is 1. The van der Waals surface area contributed by atoms with Gasteiger partial charge in [-0.3, -0.25) is 4.79 Å². The van der Waals surface area contributed by atoms with Gasteiger partial charge in [-0.05, 0) is 23.8 Å². The molecule has 0 aliphatic carbocycles. The molecule has 2 heterocycles. The molecule has 4 rings (SSSR count). The van der Waals surface area contributed by atoms with Gasteiger partial charge in [0.15, 0.2) is 11.5 Å². The maximum Gasteiger partial charge on any atom is 0.223 e. The van der Waals surface area contributed by atoms with Crippen LogP contribution in [0, 0.1) is 0 Å². The van der Waals surface area contributed by atoms with Crippen LogP contribution in [0.4, 0.5) is 5.69 Å². The summed E-state index contributed by atoms with van der Waals surface area (Å²) in [7, 11) is 3.27. The molecule has 1 saturated heterocycles. The summed E-state index contributed by atoms with van der Waals surface area (Å²) in [6.07, 6.45) is 4.61. The van der Waals surface area contributed by atoms with Crippen molar-refractivity contribution >= 4 is 17.7 Å². The zero-order chi connectivity index (χ0) is 19.9. The zero-order valence-electron chi connectivity index (χ0n) is 16.8. The fraction of sp³-hybridized carbons (Fsp3) is 0.348. The average Bonchev–Trinajstić information content (AvgIpc) is 2.90. The lowest BCUT2D eigenvalue weighted by molar-refractivity contribution is -0.124. The number of hydrogen-bond donors (Lipinski definition) is 1. The third-order valence-corrected chi connectivity index (χ3v) is 6.08. The SMILES string of the molecule is COc1cccc(C=CC23NC(=O)CCN2c2ccccc2C3(C)C)c1OC. The summed E-state index contributed by atoms with van der Waals surface area (Å²) >= 11 is 0. The van der Waals surface area contributed by atoms with Crippen LogP contribution in [0.5, 0.6) is 11.5 Å². The van der Waals surface area contributed by atoms with Crippen molar-refractivity contribution in [2.45, 2.75) is 31.3 Å². The highest BCUT2D eigenvalue weighted by Gasteiger charge is 2.57. The number of para-hydroxylation sites is 2. The van der Waals surface area contributed by atoms with Crippen molar-refractivity contribution < 1.29 is 14.3 Å². The lowest BCUT2D eigenvalue weighted by atomic mass is 9.74. The van der Waals surface area contributed by atoms with Crippen LogP contribution in [-0.2, 0) is 10.2 Å². The van der Waals surface area contributed by atoms with Gasteiger partial charge in [-0.1, -0.05) is 50.3 Å². The van der Waals surface area contributed by atoms with Gasteiger partial charge >= 0.3 is 0 Å². The highest BCUT2D eigenvalue weighted by Crippen LogP contribution is 2.52. The number of nitrogens with one attached hydrogen (secondary N) is 1. The van der Waals surface area contributed by atoms with Crippen LogP contribution in [-0.4, -0.2) is 32.3 Å². The van der Waals surface area contributed by atoms with E-state index in [2.05, 4.69) is 54.4 Å². The number of anilines is 1. The number of fused-ring (bicyclic) bond motifs is 3. The third-order valence-electron chi connectivity index (χ3n) is 6.08. The van der Waals surface area contributed by atoms with Gasteiger partial charge in [0.2, 0.25) is 5.91 Å². The molecule has 5 nitrogen and oxygen atoms in total. The number of rotatable bonds is 4. The van der Waals surface area contributed by atoms with Crippen molar-refractivity contribution in [2.24, 2.45) is 0 Å². The lowest BCUT2D eigenvalue weighted by Crippen LogP contribution is -2.68. The Morgan fingerprint density at radius 1 is 1.07 bits per heavy atom. The Hall–Kier alpha value is -2.95. The summed E-state index contributed by atoms with van der Waals surface area (Å²) in [5.74, 6) is 1.43. The molecule has 2 aromatic rings. The van der Waals surface area contributed by atoms with Crippen LogP contribution < -0.4 is 19.7 Å². The Bertz CT molecular complexity index is 951. The second-order valence-electron chi connectivity index (χ2n) is 7.77. The first kappa shape index (κ1) is 18.4. The van der Waals surface area contributed by atoms with Crippen molar-refractivity contribution in [3.63, 3.8) is 0 Å². The van der Waals surface area contributed by atoms with E-state index in [0.29, 0.717) is 24.5 Å². The molecule has 146 valence electrons. The van der Waals surface area contributed by atoms with Crippen LogP contribution in [0.15, 0.2) is 48.5 Å². The van der Waals surface area contributed by atoms with Crippen LogP contribution in [0.2, 0.25) is 0 Å². The molecule has 1 N–H and O–H groups in total. The van der Waals surface area contributed by atoms with E-state index in [1.807, 2.05) is 24.3 Å². The lowest BCUT2D eigenvalue weighted by Gasteiger charge is -2.49. The van der Waals surface area contributed by atoms with Gasteiger partial charge in [-0.15, -0.1) is 0 Å². The maximum absolute atomic E-state index is 12.5. The minimum absolute atomic E-state index is 0.0689. The Kier molecular flexibility index (Phi) is 4.33. The van der Waals surface area contributed by atoms with Crippen molar-refractivity contribution in [3.8, 4) is 11.5 Å². The first-order valence-corrected chi connectivity index (χ1v) is 9.53. The number of ether oxygens (including phenoxy) is 2. The van der Waals surface area contributed by atoms with Gasteiger partial charge in [0, 0.05) is 29.6 Å². The van der Waals surface area contributed by atoms with Gasteiger partial charge in [-0.2, -0.15) is 0 Å². The standard InChI is InChI=1S/C23H26N2O3/c1-22(2)17-9-5-6-10-18(17)25-15-13-20(26)24-23(22,25)14-12-16-8-7-11-19(27-3)21(16)28-4/h5-12,14H,13,15H2,1-4H3,(H,24,26). The molecular weight excluding hydrogens is 352 g/mol. The second-order valence-corrected chi connectivity index (χ2v) is 7.77. The normalized spacial score (nSPS) is 22.6. The molecule has 1 fully saturated rings. The smallest absolute Gasteiger partial charge is 0.223 e. The summed E-state index contributed by atoms with van der Waals surface area (Å²) in [5.41, 5.74) is 2.37. The number of hydrogen-bond acceptors (Lipinski definition) is 4. The average molecular weight is 378 g/mol. The summed E-state index contributed by atoms with van der Waals surface area (Å²) in [4.78, 5) is 14.8. The van der Waals surface area contributed by atoms with Crippen molar-refractivity contribution in [1.29, 1.82) is 0 Å². The molecule has 2 aliphatic rings. The van der Waals surface area contributed by atoms with Crippen LogP contribution in [0.3, 0.4) is 0 Å². The predicted octanol–water partition coefficient (Wildman–Crippen LogP) is 3.73. The number of carbonyl (C=O) groups excluding carboxylic acids is 1. The van der Waals surface area contributed by atoms with Crippen LogP contribution in [0.25, 0.3) is 6.08 Å². The van der Waals surface area contributed by atoms with Gasteiger partial charge in [0.1, 0.15) is 5.66 Å². The minimum atomic E-state index is -0.639. The number of nitrogens with zero attached hydrogens (tertiary/aromatic N) is 1. The van der Waals surface area contributed by atoms with Crippen LogP contribution >= 0.6 is 0 Å². The monoisotopic (exact) mass is 378 g/mol. The molecule has 0 saturated carbocycles. The van der Waals surface area contributed by atoms with Crippen molar-refractivity contribution in [2.75, 3.05) is 25.7 Å². The van der Waals surface area contributed by atoms with Gasteiger partial charge in [0.05, 0.1) is 14.2 Å². The van der Waals surface area contributed by atoms with Crippen LogP contribution in [0.1, 0.15) is 31.4 Å². The van der Waals surface area contributed by atoms with E-state index in [0.717, 1.165) is 5.56 Å². The summed E-state index contributed by atoms with van der Waals surface area (Å²) < 4.78 is 11.0. The van der Waals surface area contributed by atoms with E-state index in [9.17, 15) is 4.79 Å². The Labute approximate surface area is 165 Å². The molecule has 2 aliphatic heterocycles. The van der Waals surface area contributed by atoms with Gasteiger partial charge in [-0.25, -0.2) is 0 Å². The second kappa shape index (κ2) is 6.59. The van der Waals surface area contributed by atoms with E-state index < -0.39 is 5.66 Å². The first-order valence-electron chi connectivity index (χ1n) is 9.53. The van der Waals surface area contributed by atoms with Gasteiger partial charge in [0.25, 0.3) is 0 Å². The fourth-order valence-electron chi connectivity index (χ4n) is 4.57. The number of amides is 1. The summed E-state index contributed by atoms with van der Waals surface area (Å²) in [6.45, 7) is 5.06. The van der Waals surface area contributed by atoms with E-state index in [4.69, 9.17) is 9.47 Å². The first-order chi connectivity index (χ1) is 13.4. The Morgan fingerprint density at radius 2 is 1.86 bits per heavy atom. The van der Waals surface area contributed by atoms with Crippen molar-refractivity contribution in [3.05, 3.63) is 59.7 Å². The van der Waals surface area contributed by atoms with E-state index >= 15 is 0 Å².